The quantitative estimate of drug-likeness (QED) is 0.711. The van der Waals surface area contributed by atoms with Crippen molar-refractivity contribution in [2.75, 3.05) is 6.54 Å². The molecule has 0 spiro atoms. The first kappa shape index (κ1) is 10.4. The third kappa shape index (κ3) is 1.24. The molecule has 2 rings (SSSR count). The lowest BCUT2D eigenvalue weighted by molar-refractivity contribution is -0.171. The minimum absolute atomic E-state index is 0.0762. The van der Waals surface area contributed by atoms with Crippen LogP contribution in [-0.2, 0) is 0 Å². The molecule has 14 heavy (non-hydrogen) atoms. The summed E-state index contributed by atoms with van der Waals surface area (Å²) >= 11 is 0. The Morgan fingerprint density at radius 2 is 1.93 bits per heavy atom. The van der Waals surface area contributed by atoms with Crippen molar-refractivity contribution in [3.63, 3.8) is 0 Å². The molecule has 0 aliphatic heterocycles. The Bertz CT molecular complexity index is 207. The Kier molecular flexibility index (Phi) is 2.61. The summed E-state index contributed by atoms with van der Waals surface area (Å²) in [7, 11) is 0. The van der Waals surface area contributed by atoms with E-state index in [1.165, 1.54) is 25.7 Å². The predicted octanol–water partition coefficient (Wildman–Crippen LogP) is 2.06. The zero-order valence-corrected chi connectivity index (χ0v) is 9.26. The van der Waals surface area contributed by atoms with Crippen molar-refractivity contribution in [3.05, 3.63) is 0 Å². The highest BCUT2D eigenvalue weighted by Gasteiger charge is 2.55. The van der Waals surface area contributed by atoms with Crippen molar-refractivity contribution in [3.8, 4) is 0 Å². The molecule has 0 radical (unpaired) electrons. The largest absolute Gasteiger partial charge is 0.389 e. The van der Waals surface area contributed by atoms with Gasteiger partial charge in [-0.15, -0.1) is 0 Å². The summed E-state index contributed by atoms with van der Waals surface area (Å²) in [6.45, 7) is 2.88. The first-order valence-corrected chi connectivity index (χ1v) is 6.07. The van der Waals surface area contributed by atoms with E-state index in [0.717, 1.165) is 19.3 Å². The molecule has 0 aromatic heterocycles. The molecule has 0 amide bonds. The molecular weight excluding hydrogens is 174 g/mol. The van der Waals surface area contributed by atoms with Crippen LogP contribution in [0.5, 0.6) is 0 Å². The molecule has 2 aliphatic carbocycles. The molecule has 0 saturated heterocycles. The monoisotopic (exact) mass is 197 g/mol. The zero-order valence-electron chi connectivity index (χ0n) is 9.26. The Morgan fingerprint density at radius 1 is 1.21 bits per heavy atom. The topological polar surface area (TPSA) is 46.2 Å². The number of hydrogen-bond donors (Lipinski definition) is 2. The minimum Gasteiger partial charge on any atom is -0.389 e. The molecule has 0 aromatic carbocycles. The average Bonchev–Trinajstić information content (AvgIpc) is 2.09. The van der Waals surface area contributed by atoms with Crippen LogP contribution in [0.25, 0.3) is 0 Å². The molecule has 0 aromatic rings. The first-order valence-electron chi connectivity index (χ1n) is 6.07. The van der Waals surface area contributed by atoms with Gasteiger partial charge in [0.1, 0.15) is 0 Å². The summed E-state index contributed by atoms with van der Waals surface area (Å²) in [5.74, 6) is 0.445. The van der Waals surface area contributed by atoms with Crippen LogP contribution in [0, 0.1) is 11.3 Å². The molecule has 82 valence electrons. The maximum atomic E-state index is 10.8. The van der Waals surface area contributed by atoms with Crippen molar-refractivity contribution in [2.24, 2.45) is 17.1 Å². The van der Waals surface area contributed by atoms with Gasteiger partial charge in [-0.3, -0.25) is 0 Å². The van der Waals surface area contributed by atoms with E-state index in [1.807, 2.05) is 0 Å². The molecule has 3 N–H and O–H groups in total. The summed E-state index contributed by atoms with van der Waals surface area (Å²) in [5.41, 5.74) is 5.52. The van der Waals surface area contributed by atoms with Crippen LogP contribution in [0.3, 0.4) is 0 Å². The molecular formula is C12H23NO. The van der Waals surface area contributed by atoms with E-state index in [0.29, 0.717) is 12.5 Å². The SMILES string of the molecule is CC1CCCCC1(O)C1(CN)CCC1. The zero-order chi connectivity index (χ0) is 10.2. The molecule has 0 heterocycles. The van der Waals surface area contributed by atoms with Crippen LogP contribution in [-0.4, -0.2) is 17.3 Å². The lowest BCUT2D eigenvalue weighted by Crippen LogP contribution is -2.60. The van der Waals surface area contributed by atoms with E-state index >= 15 is 0 Å². The maximum Gasteiger partial charge on any atom is 0.0741 e. The van der Waals surface area contributed by atoms with Crippen molar-refractivity contribution >= 4 is 0 Å². The van der Waals surface area contributed by atoms with Crippen LogP contribution in [0.15, 0.2) is 0 Å². The van der Waals surface area contributed by atoms with Crippen LogP contribution < -0.4 is 5.73 Å². The van der Waals surface area contributed by atoms with E-state index in [-0.39, 0.29) is 5.41 Å². The van der Waals surface area contributed by atoms with Crippen molar-refractivity contribution < 1.29 is 5.11 Å². The van der Waals surface area contributed by atoms with Gasteiger partial charge in [0.2, 0.25) is 0 Å². The van der Waals surface area contributed by atoms with Gasteiger partial charge in [0.15, 0.2) is 0 Å². The van der Waals surface area contributed by atoms with E-state index in [2.05, 4.69) is 6.92 Å². The van der Waals surface area contributed by atoms with Crippen LogP contribution in [0.1, 0.15) is 51.9 Å². The molecule has 2 atom stereocenters. The van der Waals surface area contributed by atoms with Gasteiger partial charge in [0, 0.05) is 12.0 Å². The highest BCUT2D eigenvalue weighted by atomic mass is 16.3. The molecule has 0 bridgehead atoms. The van der Waals surface area contributed by atoms with Crippen LogP contribution in [0.4, 0.5) is 0 Å². The summed E-state index contributed by atoms with van der Waals surface area (Å²) < 4.78 is 0. The Labute approximate surface area is 86.9 Å². The van der Waals surface area contributed by atoms with Crippen LogP contribution in [0.2, 0.25) is 0 Å². The molecule has 2 heteroatoms. The van der Waals surface area contributed by atoms with Gasteiger partial charge in [0.25, 0.3) is 0 Å². The summed E-state index contributed by atoms with van der Waals surface area (Å²) in [5, 5.41) is 10.8. The van der Waals surface area contributed by atoms with E-state index < -0.39 is 5.60 Å². The second-order valence-electron chi connectivity index (χ2n) is 5.41. The highest BCUT2D eigenvalue weighted by molar-refractivity contribution is 5.07. The van der Waals surface area contributed by atoms with Gasteiger partial charge < -0.3 is 10.8 Å². The molecule has 2 aliphatic rings. The predicted molar refractivity (Wildman–Crippen MR) is 57.9 cm³/mol. The molecule has 2 fully saturated rings. The van der Waals surface area contributed by atoms with Crippen molar-refractivity contribution in [1.82, 2.24) is 0 Å². The smallest absolute Gasteiger partial charge is 0.0741 e. The van der Waals surface area contributed by atoms with Crippen molar-refractivity contribution in [1.29, 1.82) is 0 Å². The minimum atomic E-state index is -0.446. The second-order valence-corrected chi connectivity index (χ2v) is 5.41. The fraction of sp³-hybridized carbons (Fsp3) is 1.00. The van der Waals surface area contributed by atoms with Crippen LogP contribution >= 0.6 is 0 Å². The summed E-state index contributed by atoms with van der Waals surface area (Å²) in [4.78, 5) is 0. The van der Waals surface area contributed by atoms with Gasteiger partial charge >= 0.3 is 0 Å². The highest BCUT2D eigenvalue weighted by Crippen LogP contribution is 2.55. The lowest BCUT2D eigenvalue weighted by Gasteiger charge is -2.57. The Hall–Kier alpha value is -0.0800. The molecule has 2 nitrogen and oxygen atoms in total. The normalized spacial score (nSPS) is 41.8. The average molecular weight is 197 g/mol. The third-order valence-electron chi connectivity index (χ3n) is 4.88. The maximum absolute atomic E-state index is 10.8. The van der Waals surface area contributed by atoms with Crippen molar-refractivity contribution in [2.45, 2.75) is 57.5 Å². The van der Waals surface area contributed by atoms with E-state index in [9.17, 15) is 5.11 Å². The number of hydrogen-bond acceptors (Lipinski definition) is 2. The third-order valence-corrected chi connectivity index (χ3v) is 4.88. The van der Waals surface area contributed by atoms with E-state index in [4.69, 9.17) is 5.73 Å². The van der Waals surface area contributed by atoms with Gasteiger partial charge in [-0.05, 0) is 31.6 Å². The fourth-order valence-electron chi connectivity index (χ4n) is 3.54. The van der Waals surface area contributed by atoms with Gasteiger partial charge in [0.05, 0.1) is 5.60 Å². The first-order chi connectivity index (χ1) is 6.65. The number of rotatable bonds is 2. The second kappa shape index (κ2) is 3.49. The molecule has 2 unspecified atom stereocenters. The van der Waals surface area contributed by atoms with Gasteiger partial charge in [-0.1, -0.05) is 26.2 Å². The number of nitrogens with two attached hydrogens (primary N) is 1. The summed E-state index contributed by atoms with van der Waals surface area (Å²) in [6.07, 6.45) is 8.16. The standard InChI is InChI=1S/C12H23NO/c1-10-5-2-3-8-12(10,14)11(9-13)6-4-7-11/h10,14H,2-9,13H2,1H3. The number of aliphatic hydroxyl groups is 1. The summed E-state index contributed by atoms with van der Waals surface area (Å²) in [6, 6.07) is 0. The Balaban J connectivity index is 2.19. The van der Waals surface area contributed by atoms with E-state index in [1.54, 1.807) is 0 Å². The molecule has 2 saturated carbocycles. The lowest BCUT2D eigenvalue weighted by atomic mass is 9.52. The fourth-order valence-corrected chi connectivity index (χ4v) is 3.54. The Morgan fingerprint density at radius 3 is 2.36 bits per heavy atom. The van der Waals surface area contributed by atoms with Gasteiger partial charge in [-0.25, -0.2) is 0 Å². The van der Waals surface area contributed by atoms with Gasteiger partial charge in [-0.2, -0.15) is 0 Å².